The minimum absolute atomic E-state index is 0.0638. The van der Waals surface area contributed by atoms with Crippen LogP contribution in [0.15, 0.2) is 11.5 Å². The zero-order valence-electron chi connectivity index (χ0n) is 15.0. The summed E-state index contributed by atoms with van der Waals surface area (Å²) in [5.74, 6) is -1.61. The molecule has 1 aliphatic carbocycles. The van der Waals surface area contributed by atoms with Gasteiger partial charge in [0.05, 0.1) is 18.2 Å². The molecule has 1 aliphatic rings. The smallest absolute Gasteiger partial charge is 0.410 e. The van der Waals surface area contributed by atoms with Gasteiger partial charge in [-0.1, -0.05) is 25.3 Å². The van der Waals surface area contributed by atoms with Crippen LogP contribution < -0.4 is 5.32 Å². The fourth-order valence-electron chi connectivity index (χ4n) is 3.10. The monoisotopic (exact) mass is 407 g/mol. The Bertz CT molecular complexity index is 665. The normalized spacial score (nSPS) is 17.9. The number of hydrogen-bond acceptors (Lipinski definition) is 7. The topological polar surface area (TPSA) is 156 Å². The standard InChI is InChI=1S/C16H25NO9S/c1-12(26-15(21)17-8-5-9-27(22,23)24)25-14(20)11-16(10-13(18)19)6-3-2-4-7-16/h5,9,12H,2-4,6-8,10-11H2,1H3,(H,17,21)(H,18,19)(H,22,23,24)/b9-5+. The summed E-state index contributed by atoms with van der Waals surface area (Å²) in [6.45, 7) is 1.11. The predicted octanol–water partition coefficient (Wildman–Crippen LogP) is 1.82. The van der Waals surface area contributed by atoms with Gasteiger partial charge >= 0.3 is 18.0 Å². The van der Waals surface area contributed by atoms with Crippen molar-refractivity contribution in [2.24, 2.45) is 5.41 Å². The lowest BCUT2D eigenvalue weighted by molar-refractivity contribution is -0.168. The number of carbonyl (C=O) groups is 3. The third-order valence-electron chi connectivity index (χ3n) is 4.16. The zero-order chi connectivity index (χ0) is 20.5. The van der Waals surface area contributed by atoms with Crippen LogP contribution in [0.3, 0.4) is 0 Å². The summed E-state index contributed by atoms with van der Waals surface area (Å²) in [5, 5.41) is 11.8. The number of nitrogens with one attached hydrogen (secondary N) is 1. The number of carbonyl (C=O) groups excluding carboxylic acids is 2. The summed E-state index contributed by atoms with van der Waals surface area (Å²) in [6.07, 6.45) is 2.63. The molecule has 10 nitrogen and oxygen atoms in total. The van der Waals surface area contributed by atoms with Gasteiger partial charge in [-0.05, 0) is 18.3 Å². The number of carboxylic acids is 1. The van der Waals surface area contributed by atoms with E-state index in [4.69, 9.17) is 19.1 Å². The van der Waals surface area contributed by atoms with E-state index in [1.54, 1.807) is 0 Å². The van der Waals surface area contributed by atoms with Gasteiger partial charge in [0.1, 0.15) is 0 Å². The Morgan fingerprint density at radius 2 is 1.78 bits per heavy atom. The van der Waals surface area contributed by atoms with Crippen molar-refractivity contribution in [1.29, 1.82) is 0 Å². The molecule has 0 saturated heterocycles. The van der Waals surface area contributed by atoms with Crippen molar-refractivity contribution in [2.45, 2.75) is 58.2 Å². The summed E-state index contributed by atoms with van der Waals surface area (Å²) in [7, 11) is -4.27. The minimum Gasteiger partial charge on any atom is -0.481 e. The van der Waals surface area contributed by atoms with Gasteiger partial charge in [0.2, 0.25) is 6.29 Å². The highest BCUT2D eigenvalue weighted by atomic mass is 32.2. The third-order valence-corrected chi connectivity index (χ3v) is 4.70. The Balaban J connectivity index is 2.44. The Kier molecular flexibility index (Phi) is 8.70. The lowest BCUT2D eigenvalue weighted by Gasteiger charge is -2.35. The van der Waals surface area contributed by atoms with Crippen LogP contribution >= 0.6 is 0 Å². The van der Waals surface area contributed by atoms with Crippen molar-refractivity contribution in [3.63, 3.8) is 0 Å². The summed E-state index contributed by atoms with van der Waals surface area (Å²) < 4.78 is 39.2. The second kappa shape index (κ2) is 10.3. The van der Waals surface area contributed by atoms with Gasteiger partial charge in [-0.3, -0.25) is 14.1 Å². The van der Waals surface area contributed by atoms with Crippen molar-refractivity contribution in [2.75, 3.05) is 6.54 Å². The first-order chi connectivity index (χ1) is 12.5. The van der Waals surface area contributed by atoms with Gasteiger partial charge in [-0.25, -0.2) is 4.79 Å². The molecule has 1 rings (SSSR count). The van der Waals surface area contributed by atoms with E-state index in [2.05, 4.69) is 5.32 Å². The molecular formula is C16H25NO9S. The fourth-order valence-corrected chi connectivity index (χ4v) is 3.44. The van der Waals surface area contributed by atoms with E-state index in [0.717, 1.165) is 25.3 Å². The van der Waals surface area contributed by atoms with E-state index in [-0.39, 0.29) is 19.4 Å². The summed E-state index contributed by atoms with van der Waals surface area (Å²) in [4.78, 5) is 34.8. The second-order valence-corrected chi connectivity index (χ2v) is 7.84. The van der Waals surface area contributed by atoms with E-state index < -0.39 is 39.9 Å². The van der Waals surface area contributed by atoms with Crippen LogP contribution in [0.2, 0.25) is 0 Å². The minimum atomic E-state index is -4.27. The number of ether oxygens (including phenoxy) is 2. The van der Waals surface area contributed by atoms with Gasteiger partial charge in [0.15, 0.2) is 0 Å². The van der Waals surface area contributed by atoms with E-state index >= 15 is 0 Å². The number of aliphatic carboxylic acids is 1. The van der Waals surface area contributed by atoms with E-state index in [0.29, 0.717) is 18.2 Å². The average Bonchev–Trinajstić information content (AvgIpc) is 2.50. The molecular weight excluding hydrogens is 382 g/mol. The van der Waals surface area contributed by atoms with Gasteiger partial charge in [-0.15, -0.1) is 0 Å². The molecule has 0 heterocycles. The SMILES string of the molecule is CC(OC(=O)CC1(CC(=O)O)CCCCC1)OC(=O)NC/C=C/S(=O)(=O)O. The number of esters is 1. The second-order valence-electron chi connectivity index (χ2n) is 6.54. The van der Waals surface area contributed by atoms with Crippen LogP contribution in [-0.2, 0) is 29.2 Å². The van der Waals surface area contributed by atoms with Crippen LogP contribution in [0.4, 0.5) is 4.79 Å². The van der Waals surface area contributed by atoms with Gasteiger partial charge in [0, 0.05) is 13.5 Å². The van der Waals surface area contributed by atoms with Crippen molar-refractivity contribution in [1.82, 2.24) is 5.32 Å². The Hall–Kier alpha value is -2.14. The summed E-state index contributed by atoms with van der Waals surface area (Å²) in [5.41, 5.74) is -0.635. The molecule has 0 bridgehead atoms. The lowest BCUT2D eigenvalue weighted by atomic mass is 9.70. The van der Waals surface area contributed by atoms with Crippen LogP contribution in [0.25, 0.3) is 0 Å². The molecule has 1 saturated carbocycles. The number of carboxylic acid groups (broad SMARTS) is 1. The molecule has 0 aromatic heterocycles. The maximum Gasteiger partial charge on any atom is 0.410 e. The molecule has 0 spiro atoms. The first kappa shape index (κ1) is 22.9. The molecule has 0 aromatic carbocycles. The fraction of sp³-hybridized carbons (Fsp3) is 0.688. The van der Waals surface area contributed by atoms with Crippen molar-refractivity contribution >= 4 is 28.1 Å². The maximum atomic E-state index is 12.1. The van der Waals surface area contributed by atoms with Crippen LogP contribution in [0.5, 0.6) is 0 Å². The highest BCUT2D eigenvalue weighted by Gasteiger charge is 2.37. The Morgan fingerprint density at radius 1 is 1.15 bits per heavy atom. The quantitative estimate of drug-likeness (QED) is 0.294. The summed E-state index contributed by atoms with van der Waals surface area (Å²) >= 11 is 0. The maximum absolute atomic E-state index is 12.1. The molecule has 1 unspecified atom stereocenters. The first-order valence-electron chi connectivity index (χ1n) is 8.51. The number of hydrogen-bond donors (Lipinski definition) is 3. The first-order valence-corrected chi connectivity index (χ1v) is 10.0. The molecule has 11 heteroatoms. The number of amides is 1. The largest absolute Gasteiger partial charge is 0.481 e. The predicted molar refractivity (Wildman–Crippen MR) is 93.1 cm³/mol. The van der Waals surface area contributed by atoms with Crippen molar-refractivity contribution < 1.29 is 41.9 Å². The third kappa shape index (κ3) is 9.94. The van der Waals surface area contributed by atoms with E-state index in [1.165, 1.54) is 6.92 Å². The zero-order valence-corrected chi connectivity index (χ0v) is 15.9. The van der Waals surface area contributed by atoms with Crippen LogP contribution in [0, 0.1) is 5.41 Å². The van der Waals surface area contributed by atoms with Gasteiger partial charge in [0.25, 0.3) is 10.1 Å². The molecule has 1 amide bonds. The molecule has 154 valence electrons. The highest BCUT2D eigenvalue weighted by Crippen LogP contribution is 2.42. The number of rotatable bonds is 9. The van der Waals surface area contributed by atoms with Gasteiger partial charge < -0.3 is 19.9 Å². The molecule has 0 radical (unpaired) electrons. The molecule has 0 aliphatic heterocycles. The number of alkyl carbamates (subject to hydrolysis) is 1. The molecule has 27 heavy (non-hydrogen) atoms. The van der Waals surface area contributed by atoms with Gasteiger partial charge in [-0.2, -0.15) is 8.42 Å². The molecule has 3 N–H and O–H groups in total. The molecule has 1 atom stereocenters. The van der Waals surface area contributed by atoms with Crippen LogP contribution in [-0.4, -0.2) is 48.9 Å². The van der Waals surface area contributed by atoms with E-state index in [9.17, 15) is 22.8 Å². The van der Waals surface area contributed by atoms with Crippen LogP contribution in [0.1, 0.15) is 51.9 Å². The molecule has 0 aromatic rings. The molecule has 1 fully saturated rings. The van der Waals surface area contributed by atoms with Crippen molar-refractivity contribution in [3.8, 4) is 0 Å². The van der Waals surface area contributed by atoms with Crippen molar-refractivity contribution in [3.05, 3.63) is 11.5 Å². The summed E-state index contributed by atoms with van der Waals surface area (Å²) in [6, 6.07) is 0. The lowest BCUT2D eigenvalue weighted by Crippen LogP contribution is -2.34. The Morgan fingerprint density at radius 3 is 2.33 bits per heavy atom. The average molecular weight is 407 g/mol. The van der Waals surface area contributed by atoms with E-state index in [1.807, 2.05) is 0 Å². The Labute approximate surface area is 157 Å². The highest BCUT2D eigenvalue weighted by molar-refractivity contribution is 7.88.